The van der Waals surface area contributed by atoms with Gasteiger partial charge in [-0.2, -0.15) is 0 Å². The van der Waals surface area contributed by atoms with Gasteiger partial charge >= 0.3 is 5.97 Å². The van der Waals surface area contributed by atoms with E-state index in [1.165, 1.54) is 77.2 Å². The number of carbonyl (C=O) groups excluding carboxylic acids is 1. The molecule has 0 radical (unpaired) electrons. The molecule has 8 rings (SSSR count). The minimum absolute atomic E-state index is 0.0847. The molecule has 0 aromatic heterocycles. The second-order valence-electron chi connectivity index (χ2n) is 17.7. The van der Waals surface area contributed by atoms with Crippen LogP contribution in [0.4, 0.5) is 0 Å². The molecule has 0 amide bonds. The van der Waals surface area contributed by atoms with Crippen molar-refractivity contribution in [3.05, 3.63) is 11.6 Å². The predicted octanol–water partition coefficient (Wildman–Crippen LogP) is 6.83. The molecule has 7 unspecified atom stereocenters. The molecule has 3 heterocycles. The molecule has 7 fully saturated rings. The van der Waals surface area contributed by atoms with E-state index in [0.717, 1.165) is 56.8 Å². The van der Waals surface area contributed by atoms with Crippen LogP contribution >= 0.6 is 0 Å². The van der Waals surface area contributed by atoms with Crippen molar-refractivity contribution in [2.24, 2.45) is 57.7 Å². The number of carboxylic acids is 1. The van der Waals surface area contributed by atoms with Crippen LogP contribution in [0.2, 0.25) is 0 Å². The first-order chi connectivity index (χ1) is 21.7. The van der Waals surface area contributed by atoms with Gasteiger partial charge in [0.15, 0.2) is 0 Å². The lowest BCUT2D eigenvalue weighted by Gasteiger charge is -2.60. The molecule has 6 heteroatoms. The van der Waals surface area contributed by atoms with Crippen LogP contribution in [0.1, 0.15) is 111 Å². The number of hydrogen-bond acceptors (Lipinski definition) is 5. The first-order valence-corrected chi connectivity index (χ1v) is 19.3. The zero-order chi connectivity index (χ0) is 31.1. The van der Waals surface area contributed by atoms with Crippen molar-refractivity contribution in [1.82, 2.24) is 9.80 Å². The van der Waals surface area contributed by atoms with Gasteiger partial charge in [-0.3, -0.25) is 14.6 Å². The van der Waals surface area contributed by atoms with Crippen molar-refractivity contribution in [3.63, 3.8) is 0 Å². The van der Waals surface area contributed by atoms with E-state index in [1.807, 2.05) is 0 Å². The third kappa shape index (κ3) is 4.28. The molecule has 3 saturated heterocycles. The Bertz CT molecular complexity index is 1190. The van der Waals surface area contributed by atoms with Gasteiger partial charge in [0.1, 0.15) is 11.7 Å². The average Bonchev–Trinajstić information content (AvgIpc) is 3.88. The quantitative estimate of drug-likeness (QED) is 0.225. The number of piperidine rings is 1. The number of likely N-dealkylation sites (tertiary alicyclic amines) is 2. The number of aldehydes is 1. The second kappa shape index (κ2) is 11.4. The summed E-state index contributed by atoms with van der Waals surface area (Å²) in [6.45, 7) is 12.5. The zero-order valence-corrected chi connectivity index (χ0v) is 28.4. The highest BCUT2D eigenvalue weighted by atomic mass is 16.5. The number of nitrogens with zero attached hydrogens (tertiary/aromatic N) is 2. The average molecular weight is 621 g/mol. The highest BCUT2D eigenvalue weighted by molar-refractivity contribution is 5.90. The van der Waals surface area contributed by atoms with Gasteiger partial charge in [-0.1, -0.05) is 70.9 Å². The first kappa shape index (κ1) is 31.1. The maximum Gasteiger partial charge on any atom is 0.315 e. The molecule has 8 aliphatic rings. The van der Waals surface area contributed by atoms with E-state index in [2.05, 4.69) is 36.6 Å². The maximum atomic E-state index is 14.1. The zero-order valence-electron chi connectivity index (χ0n) is 28.4. The Balaban J connectivity index is 1.14. The predicted molar refractivity (Wildman–Crippen MR) is 176 cm³/mol. The third-order valence-electron chi connectivity index (χ3n) is 15.7. The molecule has 0 spiro atoms. The molecule has 5 aliphatic carbocycles. The molecule has 3 aliphatic heterocycles. The molecular weight excluding hydrogens is 560 g/mol. The van der Waals surface area contributed by atoms with Crippen molar-refractivity contribution < 1.29 is 19.4 Å². The van der Waals surface area contributed by atoms with Gasteiger partial charge in [0.05, 0.1) is 17.6 Å². The van der Waals surface area contributed by atoms with E-state index in [4.69, 9.17) is 4.74 Å². The van der Waals surface area contributed by atoms with Gasteiger partial charge in [0.25, 0.3) is 0 Å². The maximum absolute atomic E-state index is 14.1. The highest BCUT2D eigenvalue weighted by Gasteiger charge is 2.86. The van der Waals surface area contributed by atoms with E-state index in [9.17, 15) is 14.7 Å². The van der Waals surface area contributed by atoms with Crippen LogP contribution in [0.25, 0.3) is 0 Å². The van der Waals surface area contributed by atoms with Gasteiger partial charge in [0, 0.05) is 24.5 Å². The van der Waals surface area contributed by atoms with Gasteiger partial charge < -0.3 is 14.6 Å². The molecule has 6 nitrogen and oxygen atoms in total. The van der Waals surface area contributed by atoms with Gasteiger partial charge in [-0.05, 0) is 112 Å². The minimum Gasteiger partial charge on any atom is -0.481 e. The van der Waals surface area contributed by atoms with Gasteiger partial charge in [-0.25, -0.2) is 0 Å². The lowest BCUT2D eigenvalue weighted by atomic mass is 9.41. The van der Waals surface area contributed by atoms with Crippen molar-refractivity contribution in [2.75, 3.05) is 32.7 Å². The summed E-state index contributed by atoms with van der Waals surface area (Å²) in [5.41, 5.74) is -1.39. The summed E-state index contributed by atoms with van der Waals surface area (Å²) >= 11 is 0. The van der Waals surface area contributed by atoms with Crippen LogP contribution in [0, 0.1) is 57.7 Å². The summed E-state index contributed by atoms with van der Waals surface area (Å²) in [5.74, 6) is 1.94. The Hall–Kier alpha value is -1.24. The molecule has 0 aromatic rings. The van der Waals surface area contributed by atoms with E-state index in [1.54, 1.807) is 0 Å². The third-order valence-corrected chi connectivity index (χ3v) is 15.7. The fourth-order valence-electron chi connectivity index (χ4n) is 13.9. The van der Waals surface area contributed by atoms with Crippen LogP contribution in [0.3, 0.4) is 0 Å². The van der Waals surface area contributed by atoms with Crippen LogP contribution in [-0.2, 0) is 14.3 Å². The van der Waals surface area contributed by atoms with Crippen LogP contribution in [-0.4, -0.2) is 78.1 Å². The smallest absolute Gasteiger partial charge is 0.315 e. The van der Waals surface area contributed by atoms with E-state index in [0.29, 0.717) is 30.2 Å². The van der Waals surface area contributed by atoms with Crippen molar-refractivity contribution in [1.29, 1.82) is 0 Å². The van der Waals surface area contributed by atoms with Crippen LogP contribution in [0.5, 0.6) is 0 Å². The van der Waals surface area contributed by atoms with Gasteiger partial charge in [0.2, 0.25) is 0 Å². The van der Waals surface area contributed by atoms with E-state index < -0.39 is 22.2 Å². The summed E-state index contributed by atoms with van der Waals surface area (Å²) in [4.78, 5) is 33.2. The number of fused-ring (bicyclic) bond motifs is 2. The monoisotopic (exact) mass is 620 g/mol. The largest absolute Gasteiger partial charge is 0.481 e. The second-order valence-corrected chi connectivity index (χ2v) is 17.7. The number of carbonyl (C=O) groups is 2. The van der Waals surface area contributed by atoms with E-state index >= 15 is 0 Å². The number of aliphatic carboxylic acids is 1. The Morgan fingerprint density at radius 3 is 2.53 bits per heavy atom. The van der Waals surface area contributed by atoms with Crippen molar-refractivity contribution in [3.8, 4) is 0 Å². The lowest BCUT2D eigenvalue weighted by molar-refractivity contribution is -0.197. The van der Waals surface area contributed by atoms with Crippen LogP contribution in [0.15, 0.2) is 11.6 Å². The normalized spacial score (nSPS) is 48.4. The molecule has 11 atom stereocenters. The summed E-state index contributed by atoms with van der Waals surface area (Å²) in [6.07, 6.45) is 20.4. The summed E-state index contributed by atoms with van der Waals surface area (Å²) < 4.78 is 7.48. The molecule has 0 aromatic carbocycles. The molecular formula is C39H60N2O4. The fraction of sp³-hybridized carbons (Fsp3) is 0.897. The number of rotatable bonds is 9. The Morgan fingerprint density at radius 2 is 1.82 bits per heavy atom. The summed E-state index contributed by atoms with van der Waals surface area (Å²) in [7, 11) is 0. The number of carboxylic acid groups (broad SMARTS) is 1. The minimum atomic E-state index is -1.13. The first-order valence-electron chi connectivity index (χ1n) is 19.3. The van der Waals surface area contributed by atoms with Crippen molar-refractivity contribution >= 4 is 12.3 Å². The molecule has 45 heavy (non-hydrogen) atoms. The Labute approximate surface area is 272 Å². The highest BCUT2D eigenvalue weighted by Crippen LogP contribution is 2.84. The van der Waals surface area contributed by atoms with Crippen LogP contribution < -0.4 is 0 Å². The SMILES string of the molecule is CC(C)C1=CC2CC3(C=O)[C@@H]4CC[C@@H](C)[C@H]4CC2(C2CC(CC4CCCC4)C(CN4CCC(N5CCCCC5)C4)O2)[C@]13C(=O)O. The molecule has 250 valence electrons. The Kier molecular flexibility index (Phi) is 7.89. The fourth-order valence-corrected chi connectivity index (χ4v) is 13.9. The topological polar surface area (TPSA) is 70.1 Å². The van der Waals surface area contributed by atoms with Crippen molar-refractivity contribution in [2.45, 2.75) is 129 Å². The lowest BCUT2D eigenvalue weighted by Crippen LogP contribution is -2.65. The number of hydrogen-bond donors (Lipinski definition) is 1. The molecule has 1 N–H and O–H groups in total. The van der Waals surface area contributed by atoms with E-state index in [-0.39, 0.29) is 30.0 Å². The summed E-state index contributed by atoms with van der Waals surface area (Å²) in [6, 6.07) is 0.681. The summed E-state index contributed by atoms with van der Waals surface area (Å²) in [5, 5.41) is 11.6. The van der Waals surface area contributed by atoms with Gasteiger partial charge in [-0.15, -0.1) is 0 Å². The Morgan fingerprint density at radius 1 is 1.04 bits per heavy atom. The number of ether oxygens (including phenoxy) is 1. The number of allylic oxidation sites excluding steroid dienone is 1. The molecule has 4 saturated carbocycles. The molecule has 4 bridgehead atoms. The standard InChI is InChI=1S/C39H60N2O4/c1-25(2)33-19-29-20-37(24-42)32-12-11-26(3)31(32)21-38(29,39(33,37)36(43)44)35-18-28(17-27-9-5-6-10-27)34(45-35)23-40-16-13-30(22-40)41-14-7-4-8-15-41/h19,24-32,34-35H,4-18,20-23H2,1-3H3,(H,43,44)/t26-,28?,29?,30?,31-,32-,34?,35?,37?,38?,39+/m1/s1.